The third kappa shape index (κ3) is 2.74. The topological polar surface area (TPSA) is 44.5 Å². The van der Waals surface area contributed by atoms with Crippen LogP contribution in [0.1, 0.15) is 31.4 Å². The van der Waals surface area contributed by atoms with Crippen molar-refractivity contribution in [1.82, 2.24) is 0 Å². The lowest BCUT2D eigenvalue weighted by Crippen LogP contribution is -2.26. The van der Waals surface area contributed by atoms with Gasteiger partial charge in [0.25, 0.3) is 0 Å². The van der Waals surface area contributed by atoms with Crippen molar-refractivity contribution in [3.63, 3.8) is 0 Å². The number of para-hydroxylation sites is 1. The standard InChI is InChI=1S/C13H19NO2/c1-10(14)12-4-2-3-5-13(12)16-11-6-8-15-9-7-11/h2-5,10-11H,6-9,14H2,1H3. The first-order chi connectivity index (χ1) is 7.77. The molecule has 16 heavy (non-hydrogen) atoms. The fraction of sp³-hybridized carbons (Fsp3) is 0.538. The fourth-order valence-corrected chi connectivity index (χ4v) is 1.94. The van der Waals surface area contributed by atoms with Gasteiger partial charge in [0.2, 0.25) is 0 Å². The minimum atomic E-state index is 0.0102. The van der Waals surface area contributed by atoms with Gasteiger partial charge in [-0.2, -0.15) is 0 Å². The van der Waals surface area contributed by atoms with Crippen LogP contribution in [0, 0.1) is 0 Å². The van der Waals surface area contributed by atoms with E-state index in [4.69, 9.17) is 15.2 Å². The SMILES string of the molecule is CC(N)c1ccccc1OC1CCOCC1. The van der Waals surface area contributed by atoms with Gasteiger partial charge in [0, 0.05) is 24.4 Å². The Morgan fingerprint density at radius 3 is 2.69 bits per heavy atom. The van der Waals surface area contributed by atoms with Crippen LogP contribution < -0.4 is 10.5 Å². The van der Waals surface area contributed by atoms with E-state index in [2.05, 4.69) is 0 Å². The van der Waals surface area contributed by atoms with Gasteiger partial charge in [0.15, 0.2) is 0 Å². The first-order valence-corrected chi connectivity index (χ1v) is 5.86. The van der Waals surface area contributed by atoms with E-state index in [-0.39, 0.29) is 12.1 Å². The smallest absolute Gasteiger partial charge is 0.124 e. The van der Waals surface area contributed by atoms with Gasteiger partial charge in [0.05, 0.1) is 13.2 Å². The van der Waals surface area contributed by atoms with Gasteiger partial charge in [-0.1, -0.05) is 18.2 Å². The summed E-state index contributed by atoms with van der Waals surface area (Å²) in [7, 11) is 0. The molecule has 0 spiro atoms. The lowest BCUT2D eigenvalue weighted by atomic mass is 10.1. The van der Waals surface area contributed by atoms with Crippen molar-refractivity contribution in [2.45, 2.75) is 31.9 Å². The number of hydrogen-bond acceptors (Lipinski definition) is 3. The number of benzene rings is 1. The predicted octanol–water partition coefficient (Wildman–Crippen LogP) is 2.26. The Balaban J connectivity index is 2.07. The molecular formula is C13H19NO2. The Labute approximate surface area is 96.5 Å². The van der Waals surface area contributed by atoms with Crippen molar-refractivity contribution < 1.29 is 9.47 Å². The molecule has 1 atom stereocenters. The summed E-state index contributed by atoms with van der Waals surface area (Å²) in [5, 5.41) is 0. The summed E-state index contributed by atoms with van der Waals surface area (Å²) in [5.74, 6) is 0.921. The van der Waals surface area contributed by atoms with Crippen LogP contribution in [0.4, 0.5) is 0 Å². The van der Waals surface area contributed by atoms with E-state index < -0.39 is 0 Å². The van der Waals surface area contributed by atoms with E-state index in [0.717, 1.165) is 37.4 Å². The maximum atomic E-state index is 5.99. The van der Waals surface area contributed by atoms with Gasteiger partial charge < -0.3 is 15.2 Å². The maximum absolute atomic E-state index is 5.99. The second-order valence-corrected chi connectivity index (χ2v) is 4.26. The summed E-state index contributed by atoms with van der Waals surface area (Å²) in [4.78, 5) is 0. The van der Waals surface area contributed by atoms with E-state index in [1.165, 1.54) is 0 Å². The lowest BCUT2D eigenvalue weighted by molar-refractivity contribution is 0.0251. The van der Waals surface area contributed by atoms with Gasteiger partial charge in [0.1, 0.15) is 11.9 Å². The molecule has 1 aromatic carbocycles. The molecule has 0 radical (unpaired) electrons. The van der Waals surface area contributed by atoms with E-state index in [1.54, 1.807) is 0 Å². The Hall–Kier alpha value is -1.06. The number of rotatable bonds is 3. The van der Waals surface area contributed by atoms with Crippen LogP contribution in [0.3, 0.4) is 0 Å². The first kappa shape index (κ1) is 11.4. The van der Waals surface area contributed by atoms with E-state index >= 15 is 0 Å². The quantitative estimate of drug-likeness (QED) is 0.851. The van der Waals surface area contributed by atoms with Crippen molar-refractivity contribution >= 4 is 0 Å². The van der Waals surface area contributed by atoms with Crippen molar-refractivity contribution in [3.05, 3.63) is 29.8 Å². The summed E-state index contributed by atoms with van der Waals surface area (Å²) in [5.41, 5.74) is 6.99. The lowest BCUT2D eigenvalue weighted by Gasteiger charge is -2.25. The second-order valence-electron chi connectivity index (χ2n) is 4.26. The van der Waals surface area contributed by atoms with Crippen LogP contribution in [0.25, 0.3) is 0 Å². The summed E-state index contributed by atoms with van der Waals surface area (Å²) < 4.78 is 11.3. The highest BCUT2D eigenvalue weighted by Gasteiger charge is 2.17. The van der Waals surface area contributed by atoms with Crippen molar-refractivity contribution in [2.24, 2.45) is 5.73 Å². The average molecular weight is 221 g/mol. The molecule has 88 valence electrons. The molecule has 2 rings (SSSR count). The fourth-order valence-electron chi connectivity index (χ4n) is 1.94. The van der Waals surface area contributed by atoms with Crippen LogP contribution >= 0.6 is 0 Å². The highest BCUT2D eigenvalue weighted by molar-refractivity contribution is 5.35. The molecule has 0 saturated carbocycles. The molecule has 0 aliphatic carbocycles. The molecule has 1 fully saturated rings. The van der Waals surface area contributed by atoms with Crippen LogP contribution in [0.5, 0.6) is 5.75 Å². The van der Waals surface area contributed by atoms with Crippen molar-refractivity contribution in [2.75, 3.05) is 13.2 Å². The maximum Gasteiger partial charge on any atom is 0.124 e. The van der Waals surface area contributed by atoms with Crippen LogP contribution in [-0.4, -0.2) is 19.3 Å². The van der Waals surface area contributed by atoms with Gasteiger partial charge in [-0.05, 0) is 13.0 Å². The van der Waals surface area contributed by atoms with Gasteiger partial charge in [-0.3, -0.25) is 0 Å². The van der Waals surface area contributed by atoms with Crippen molar-refractivity contribution in [3.8, 4) is 5.75 Å². The largest absolute Gasteiger partial charge is 0.490 e. The molecule has 1 heterocycles. The molecule has 1 aliphatic rings. The Kier molecular flexibility index (Phi) is 3.80. The molecule has 3 heteroatoms. The van der Waals surface area contributed by atoms with Crippen LogP contribution in [-0.2, 0) is 4.74 Å². The Morgan fingerprint density at radius 2 is 2.00 bits per heavy atom. The zero-order valence-corrected chi connectivity index (χ0v) is 9.69. The number of nitrogens with two attached hydrogens (primary N) is 1. The average Bonchev–Trinajstić information content (AvgIpc) is 2.31. The highest BCUT2D eigenvalue weighted by Crippen LogP contribution is 2.26. The molecule has 1 saturated heterocycles. The summed E-state index contributed by atoms with van der Waals surface area (Å²) in [6, 6.07) is 8.01. The Bertz CT molecular complexity index is 332. The van der Waals surface area contributed by atoms with E-state index in [1.807, 2.05) is 31.2 Å². The third-order valence-electron chi connectivity index (χ3n) is 2.87. The minimum Gasteiger partial charge on any atom is -0.490 e. The second kappa shape index (κ2) is 5.32. The molecule has 0 amide bonds. The molecule has 1 aliphatic heterocycles. The van der Waals surface area contributed by atoms with Gasteiger partial charge in [-0.25, -0.2) is 0 Å². The molecule has 1 aromatic rings. The zero-order chi connectivity index (χ0) is 11.4. The van der Waals surface area contributed by atoms with Gasteiger partial charge in [-0.15, -0.1) is 0 Å². The highest BCUT2D eigenvalue weighted by atomic mass is 16.5. The molecular weight excluding hydrogens is 202 g/mol. The summed E-state index contributed by atoms with van der Waals surface area (Å²) in [6.07, 6.45) is 2.20. The molecule has 2 N–H and O–H groups in total. The van der Waals surface area contributed by atoms with E-state index in [9.17, 15) is 0 Å². The molecule has 0 aromatic heterocycles. The summed E-state index contributed by atoms with van der Waals surface area (Å²) >= 11 is 0. The zero-order valence-electron chi connectivity index (χ0n) is 9.69. The molecule has 0 bridgehead atoms. The van der Waals surface area contributed by atoms with Gasteiger partial charge >= 0.3 is 0 Å². The Morgan fingerprint density at radius 1 is 1.31 bits per heavy atom. The minimum absolute atomic E-state index is 0.0102. The normalized spacial score (nSPS) is 19.4. The third-order valence-corrected chi connectivity index (χ3v) is 2.87. The number of ether oxygens (including phenoxy) is 2. The molecule has 3 nitrogen and oxygen atoms in total. The van der Waals surface area contributed by atoms with Crippen LogP contribution in [0.15, 0.2) is 24.3 Å². The monoisotopic (exact) mass is 221 g/mol. The van der Waals surface area contributed by atoms with Crippen LogP contribution in [0.2, 0.25) is 0 Å². The number of hydrogen-bond donors (Lipinski definition) is 1. The predicted molar refractivity (Wildman–Crippen MR) is 63.5 cm³/mol. The van der Waals surface area contributed by atoms with Crippen molar-refractivity contribution in [1.29, 1.82) is 0 Å². The summed E-state index contributed by atoms with van der Waals surface area (Å²) in [6.45, 7) is 3.57. The van der Waals surface area contributed by atoms with E-state index in [0.29, 0.717) is 0 Å². The molecule has 1 unspecified atom stereocenters. The first-order valence-electron chi connectivity index (χ1n) is 5.86.